The van der Waals surface area contributed by atoms with Gasteiger partial charge in [0.15, 0.2) is 0 Å². The summed E-state index contributed by atoms with van der Waals surface area (Å²) in [5.74, 6) is 0. The summed E-state index contributed by atoms with van der Waals surface area (Å²) >= 11 is 3.43. The van der Waals surface area contributed by atoms with Gasteiger partial charge in [-0.05, 0) is 24.1 Å². The molecule has 1 nitrogen and oxygen atoms in total. The lowest BCUT2D eigenvalue weighted by molar-refractivity contribution is 1.11. The van der Waals surface area contributed by atoms with Crippen LogP contribution in [0.1, 0.15) is 5.56 Å². The van der Waals surface area contributed by atoms with Gasteiger partial charge in [0.05, 0.1) is 0 Å². The Kier molecular flexibility index (Phi) is 3.60. The summed E-state index contributed by atoms with van der Waals surface area (Å²) in [5, 5.41) is 1.03. The van der Waals surface area contributed by atoms with Crippen LogP contribution in [0, 0.1) is 0 Å². The molecule has 0 amide bonds. The Balaban J connectivity index is 2.81. The fraction of sp³-hybridized carbons (Fsp3) is 0.400. The van der Waals surface area contributed by atoms with Crippen molar-refractivity contribution in [1.82, 2.24) is 0 Å². The van der Waals surface area contributed by atoms with Crippen LogP contribution in [-0.4, -0.2) is 19.4 Å². The van der Waals surface area contributed by atoms with Crippen molar-refractivity contribution in [3.8, 4) is 0 Å². The second-order valence-corrected chi connectivity index (χ2v) is 3.80. The molecule has 0 fully saturated rings. The van der Waals surface area contributed by atoms with Crippen LogP contribution in [0.5, 0.6) is 0 Å². The van der Waals surface area contributed by atoms with Gasteiger partial charge in [-0.3, -0.25) is 0 Å². The summed E-state index contributed by atoms with van der Waals surface area (Å²) in [7, 11) is 4.13. The summed E-state index contributed by atoms with van der Waals surface area (Å²) in [6, 6.07) is 8.61. The van der Waals surface area contributed by atoms with Crippen LogP contribution in [0.15, 0.2) is 24.3 Å². The Morgan fingerprint density at radius 2 is 2.08 bits per heavy atom. The molecular formula is C10H14BrN. The molecule has 1 aromatic carbocycles. The van der Waals surface area contributed by atoms with Crippen molar-refractivity contribution in [3.05, 3.63) is 29.8 Å². The average molecular weight is 228 g/mol. The van der Waals surface area contributed by atoms with Crippen LogP contribution < -0.4 is 4.90 Å². The Labute approximate surface area is 82.5 Å². The highest BCUT2D eigenvalue weighted by molar-refractivity contribution is 9.09. The molecule has 0 aliphatic heterocycles. The fourth-order valence-electron chi connectivity index (χ4n) is 1.10. The third kappa shape index (κ3) is 2.52. The lowest BCUT2D eigenvalue weighted by atomic mass is 10.1. The van der Waals surface area contributed by atoms with Crippen molar-refractivity contribution in [2.75, 3.05) is 24.3 Å². The van der Waals surface area contributed by atoms with E-state index in [0.29, 0.717) is 0 Å². The lowest BCUT2D eigenvalue weighted by Gasteiger charge is -2.12. The van der Waals surface area contributed by atoms with Crippen LogP contribution >= 0.6 is 15.9 Å². The molecule has 1 rings (SSSR count). The van der Waals surface area contributed by atoms with Crippen LogP contribution in [0.25, 0.3) is 0 Å². The smallest absolute Gasteiger partial charge is 0.0363 e. The van der Waals surface area contributed by atoms with Crippen molar-refractivity contribution < 1.29 is 0 Å². The normalized spacial score (nSPS) is 9.92. The number of hydrogen-bond acceptors (Lipinski definition) is 1. The Hall–Kier alpha value is -0.500. The molecule has 0 aromatic heterocycles. The van der Waals surface area contributed by atoms with Crippen molar-refractivity contribution in [2.24, 2.45) is 0 Å². The predicted molar refractivity (Wildman–Crippen MR) is 58.3 cm³/mol. The first-order chi connectivity index (χ1) is 5.74. The van der Waals surface area contributed by atoms with E-state index in [0.717, 1.165) is 11.8 Å². The molecule has 0 N–H and O–H groups in total. The molecular weight excluding hydrogens is 214 g/mol. The van der Waals surface area contributed by atoms with Crippen molar-refractivity contribution in [1.29, 1.82) is 0 Å². The number of aryl methyl sites for hydroxylation is 1. The fourth-order valence-corrected chi connectivity index (χ4v) is 1.56. The van der Waals surface area contributed by atoms with Crippen LogP contribution in [0.4, 0.5) is 5.69 Å². The maximum absolute atomic E-state index is 3.43. The summed E-state index contributed by atoms with van der Waals surface area (Å²) in [6.45, 7) is 0. The van der Waals surface area contributed by atoms with Crippen LogP contribution in [-0.2, 0) is 6.42 Å². The van der Waals surface area contributed by atoms with Gasteiger partial charge in [-0.2, -0.15) is 0 Å². The molecule has 0 saturated carbocycles. The van der Waals surface area contributed by atoms with Gasteiger partial charge in [0.1, 0.15) is 0 Å². The zero-order chi connectivity index (χ0) is 8.97. The second-order valence-electron chi connectivity index (χ2n) is 3.00. The quantitative estimate of drug-likeness (QED) is 0.719. The summed E-state index contributed by atoms with van der Waals surface area (Å²) < 4.78 is 0. The number of alkyl halides is 1. The van der Waals surface area contributed by atoms with E-state index < -0.39 is 0 Å². The van der Waals surface area contributed by atoms with Gasteiger partial charge in [-0.15, -0.1) is 0 Å². The minimum atomic E-state index is 1.03. The number of benzene rings is 1. The molecule has 0 unspecified atom stereocenters. The van der Waals surface area contributed by atoms with Gasteiger partial charge in [0.25, 0.3) is 0 Å². The Bertz CT molecular complexity index is 245. The summed E-state index contributed by atoms with van der Waals surface area (Å²) in [4.78, 5) is 2.12. The highest BCUT2D eigenvalue weighted by Crippen LogP contribution is 2.13. The highest BCUT2D eigenvalue weighted by Gasteiger charge is 1.96. The largest absolute Gasteiger partial charge is 0.378 e. The number of nitrogens with zero attached hydrogens (tertiary/aromatic N) is 1. The molecule has 0 heterocycles. The van der Waals surface area contributed by atoms with E-state index in [4.69, 9.17) is 0 Å². The molecule has 0 bridgehead atoms. The third-order valence-corrected chi connectivity index (χ3v) is 2.21. The Morgan fingerprint density at radius 1 is 1.33 bits per heavy atom. The number of rotatable bonds is 3. The van der Waals surface area contributed by atoms with Gasteiger partial charge >= 0.3 is 0 Å². The van der Waals surface area contributed by atoms with Crippen LogP contribution in [0.3, 0.4) is 0 Å². The molecule has 12 heavy (non-hydrogen) atoms. The minimum absolute atomic E-state index is 1.03. The van der Waals surface area contributed by atoms with Gasteiger partial charge < -0.3 is 4.90 Å². The molecule has 0 atom stereocenters. The van der Waals surface area contributed by atoms with Gasteiger partial charge in [-0.1, -0.05) is 28.1 Å². The molecule has 1 aromatic rings. The van der Waals surface area contributed by atoms with Crippen molar-refractivity contribution in [2.45, 2.75) is 6.42 Å². The van der Waals surface area contributed by atoms with E-state index in [1.807, 2.05) is 0 Å². The Morgan fingerprint density at radius 3 is 2.67 bits per heavy atom. The summed E-state index contributed by atoms with van der Waals surface area (Å²) in [5.41, 5.74) is 2.66. The van der Waals surface area contributed by atoms with E-state index in [9.17, 15) is 0 Å². The molecule has 0 radical (unpaired) electrons. The molecule has 0 spiro atoms. The monoisotopic (exact) mass is 227 g/mol. The maximum Gasteiger partial charge on any atom is 0.0363 e. The summed E-state index contributed by atoms with van der Waals surface area (Å²) in [6.07, 6.45) is 1.10. The first-order valence-electron chi connectivity index (χ1n) is 4.06. The van der Waals surface area contributed by atoms with Crippen molar-refractivity contribution in [3.63, 3.8) is 0 Å². The average Bonchev–Trinajstić information content (AvgIpc) is 2.05. The second kappa shape index (κ2) is 4.51. The highest BCUT2D eigenvalue weighted by atomic mass is 79.9. The van der Waals surface area contributed by atoms with E-state index in [-0.39, 0.29) is 0 Å². The maximum atomic E-state index is 3.43. The first kappa shape index (κ1) is 9.59. The number of halogens is 1. The van der Waals surface area contributed by atoms with Gasteiger partial charge in [0.2, 0.25) is 0 Å². The lowest BCUT2D eigenvalue weighted by Crippen LogP contribution is -2.08. The number of anilines is 1. The van der Waals surface area contributed by atoms with Crippen LogP contribution in [0.2, 0.25) is 0 Å². The van der Waals surface area contributed by atoms with Crippen molar-refractivity contribution >= 4 is 21.6 Å². The van der Waals surface area contributed by atoms with Gasteiger partial charge in [0, 0.05) is 25.1 Å². The molecule has 0 saturated heterocycles. The molecule has 0 aliphatic rings. The van der Waals surface area contributed by atoms with E-state index in [1.165, 1.54) is 11.3 Å². The standard InChI is InChI=1S/C10H14BrN/c1-12(2)10-5-3-4-9(8-10)6-7-11/h3-5,8H,6-7H2,1-2H3. The van der Waals surface area contributed by atoms with E-state index >= 15 is 0 Å². The topological polar surface area (TPSA) is 3.24 Å². The molecule has 2 heteroatoms. The molecule has 66 valence electrons. The van der Waals surface area contributed by atoms with Gasteiger partial charge in [-0.25, -0.2) is 0 Å². The first-order valence-corrected chi connectivity index (χ1v) is 5.18. The molecule has 0 aliphatic carbocycles. The number of hydrogen-bond donors (Lipinski definition) is 0. The zero-order valence-electron chi connectivity index (χ0n) is 7.55. The zero-order valence-corrected chi connectivity index (χ0v) is 9.13. The van der Waals surface area contributed by atoms with E-state index in [2.05, 4.69) is 59.2 Å². The third-order valence-electron chi connectivity index (χ3n) is 1.81. The SMILES string of the molecule is CN(C)c1cccc(CCBr)c1. The van der Waals surface area contributed by atoms with E-state index in [1.54, 1.807) is 0 Å². The minimum Gasteiger partial charge on any atom is -0.378 e. The predicted octanol–water partition coefficient (Wildman–Crippen LogP) is 2.69.